The number of hydrogen-bond acceptors (Lipinski definition) is 5. The molecule has 0 radical (unpaired) electrons. The molecule has 0 unspecified atom stereocenters. The van der Waals surface area contributed by atoms with Gasteiger partial charge in [-0.15, -0.1) is 0 Å². The van der Waals surface area contributed by atoms with Crippen LogP contribution in [-0.2, 0) is 6.61 Å². The number of rotatable bonds is 4. The minimum atomic E-state index is -0.00608. The van der Waals surface area contributed by atoms with Crippen molar-refractivity contribution >= 4 is 5.84 Å². The molecule has 0 saturated carbocycles. The number of ether oxygens (including phenoxy) is 3. The van der Waals surface area contributed by atoms with Crippen LogP contribution >= 0.6 is 0 Å². The topological polar surface area (TPSA) is 90.5 Å². The predicted octanol–water partition coefficient (Wildman–Crippen LogP) is 1.98. The molecular formula is C15H15N3O3. The van der Waals surface area contributed by atoms with Gasteiger partial charge in [0.2, 0.25) is 12.7 Å². The lowest BCUT2D eigenvalue weighted by Gasteiger charge is -2.08. The molecule has 1 aliphatic heterocycles. The van der Waals surface area contributed by atoms with Crippen molar-refractivity contribution in [2.75, 3.05) is 6.79 Å². The highest BCUT2D eigenvalue weighted by Crippen LogP contribution is 2.32. The standard InChI is InChI=1S/C15H15N3O3/c1-9-4-11(15(16)17)6-14(18-9)19-7-10-2-3-12-13(5-10)21-8-20-12/h2-6H,7-8H2,1H3,(H3,16,17). The van der Waals surface area contributed by atoms with Crippen molar-refractivity contribution in [3.8, 4) is 17.4 Å². The summed E-state index contributed by atoms with van der Waals surface area (Å²) in [5, 5.41) is 7.47. The number of hydrogen-bond donors (Lipinski definition) is 2. The smallest absolute Gasteiger partial charge is 0.231 e. The Bertz CT molecular complexity index is 701. The summed E-state index contributed by atoms with van der Waals surface area (Å²) in [7, 11) is 0. The number of amidine groups is 1. The van der Waals surface area contributed by atoms with Gasteiger partial charge in [-0.05, 0) is 30.7 Å². The summed E-state index contributed by atoms with van der Waals surface area (Å²) < 4.78 is 16.2. The van der Waals surface area contributed by atoms with E-state index in [1.54, 1.807) is 12.1 Å². The monoisotopic (exact) mass is 285 g/mol. The van der Waals surface area contributed by atoms with Gasteiger partial charge in [-0.2, -0.15) is 0 Å². The number of nitrogens with zero attached hydrogens (tertiary/aromatic N) is 1. The van der Waals surface area contributed by atoms with Gasteiger partial charge >= 0.3 is 0 Å². The average molecular weight is 285 g/mol. The number of nitrogens with one attached hydrogen (secondary N) is 1. The van der Waals surface area contributed by atoms with Crippen molar-refractivity contribution in [3.05, 3.63) is 47.2 Å². The van der Waals surface area contributed by atoms with Gasteiger partial charge in [-0.3, -0.25) is 5.41 Å². The quantitative estimate of drug-likeness (QED) is 0.662. The molecule has 3 rings (SSSR count). The lowest BCUT2D eigenvalue weighted by Crippen LogP contribution is -2.12. The molecule has 1 aromatic carbocycles. The Morgan fingerprint density at radius 1 is 1.29 bits per heavy atom. The fraction of sp³-hybridized carbons (Fsp3) is 0.200. The van der Waals surface area contributed by atoms with E-state index in [0.717, 1.165) is 22.8 Å². The van der Waals surface area contributed by atoms with E-state index < -0.39 is 0 Å². The highest BCUT2D eigenvalue weighted by atomic mass is 16.7. The minimum Gasteiger partial charge on any atom is -0.473 e. The number of fused-ring (bicyclic) bond motifs is 1. The van der Waals surface area contributed by atoms with Crippen LogP contribution in [-0.4, -0.2) is 17.6 Å². The van der Waals surface area contributed by atoms with Gasteiger partial charge in [0, 0.05) is 17.3 Å². The molecule has 2 aromatic rings. The van der Waals surface area contributed by atoms with E-state index in [2.05, 4.69) is 4.98 Å². The van der Waals surface area contributed by atoms with Crippen LogP contribution in [0.4, 0.5) is 0 Å². The zero-order chi connectivity index (χ0) is 14.8. The number of aryl methyl sites for hydroxylation is 1. The number of benzene rings is 1. The van der Waals surface area contributed by atoms with E-state index in [4.69, 9.17) is 25.4 Å². The first-order valence-electron chi connectivity index (χ1n) is 6.46. The first-order chi connectivity index (χ1) is 10.1. The molecule has 0 spiro atoms. The maximum atomic E-state index is 7.47. The normalized spacial score (nSPS) is 12.2. The Morgan fingerprint density at radius 2 is 2.10 bits per heavy atom. The van der Waals surface area contributed by atoms with Gasteiger partial charge in [0.25, 0.3) is 0 Å². The minimum absolute atomic E-state index is 0.00608. The Kier molecular flexibility index (Phi) is 3.35. The third kappa shape index (κ3) is 2.89. The molecule has 0 saturated heterocycles. The zero-order valence-corrected chi connectivity index (χ0v) is 11.6. The first kappa shape index (κ1) is 13.2. The second-order valence-electron chi connectivity index (χ2n) is 4.73. The fourth-order valence-electron chi connectivity index (χ4n) is 2.06. The van der Waals surface area contributed by atoms with Crippen LogP contribution < -0.4 is 19.9 Å². The second-order valence-corrected chi connectivity index (χ2v) is 4.73. The van der Waals surface area contributed by atoms with Crippen LogP contribution in [0.1, 0.15) is 16.8 Å². The van der Waals surface area contributed by atoms with Crippen LogP contribution in [0.25, 0.3) is 0 Å². The van der Waals surface area contributed by atoms with Gasteiger partial charge in [-0.25, -0.2) is 4.98 Å². The molecule has 0 aliphatic carbocycles. The maximum absolute atomic E-state index is 7.47. The van der Waals surface area contributed by atoms with Crippen molar-refractivity contribution in [1.29, 1.82) is 5.41 Å². The fourth-order valence-corrected chi connectivity index (χ4v) is 2.06. The molecule has 0 amide bonds. The molecule has 108 valence electrons. The van der Waals surface area contributed by atoms with Gasteiger partial charge in [0.15, 0.2) is 11.5 Å². The highest BCUT2D eigenvalue weighted by Gasteiger charge is 2.13. The second kappa shape index (κ2) is 5.32. The van der Waals surface area contributed by atoms with Crippen LogP contribution in [0.15, 0.2) is 30.3 Å². The molecule has 2 heterocycles. The summed E-state index contributed by atoms with van der Waals surface area (Å²) >= 11 is 0. The van der Waals surface area contributed by atoms with Gasteiger partial charge < -0.3 is 19.9 Å². The summed E-state index contributed by atoms with van der Waals surface area (Å²) in [5.41, 5.74) is 7.79. The number of pyridine rings is 1. The molecule has 21 heavy (non-hydrogen) atoms. The van der Waals surface area contributed by atoms with E-state index in [0.29, 0.717) is 18.1 Å². The SMILES string of the molecule is Cc1cc(C(=N)N)cc(OCc2ccc3c(c2)OCO3)n1. The summed E-state index contributed by atoms with van der Waals surface area (Å²) in [6.45, 7) is 2.44. The third-order valence-corrected chi connectivity index (χ3v) is 3.06. The van der Waals surface area contributed by atoms with Crippen molar-refractivity contribution in [3.63, 3.8) is 0 Å². The van der Waals surface area contributed by atoms with E-state index in [1.165, 1.54) is 0 Å². The number of nitrogen functional groups attached to an aromatic ring is 1. The predicted molar refractivity (Wildman–Crippen MR) is 76.9 cm³/mol. The van der Waals surface area contributed by atoms with Gasteiger partial charge in [0.1, 0.15) is 12.4 Å². The third-order valence-electron chi connectivity index (χ3n) is 3.06. The maximum Gasteiger partial charge on any atom is 0.231 e. The van der Waals surface area contributed by atoms with Crippen molar-refractivity contribution in [1.82, 2.24) is 4.98 Å². The molecule has 0 atom stereocenters. The Morgan fingerprint density at radius 3 is 2.90 bits per heavy atom. The molecule has 3 N–H and O–H groups in total. The summed E-state index contributed by atoms with van der Waals surface area (Å²) in [4.78, 5) is 4.27. The average Bonchev–Trinajstić information content (AvgIpc) is 2.92. The van der Waals surface area contributed by atoms with Crippen molar-refractivity contribution in [2.24, 2.45) is 5.73 Å². The van der Waals surface area contributed by atoms with E-state index in [-0.39, 0.29) is 12.6 Å². The van der Waals surface area contributed by atoms with Crippen LogP contribution in [0.5, 0.6) is 17.4 Å². The zero-order valence-electron chi connectivity index (χ0n) is 11.6. The number of nitrogens with two attached hydrogens (primary N) is 1. The van der Waals surface area contributed by atoms with E-state index in [1.807, 2.05) is 25.1 Å². The first-order valence-corrected chi connectivity index (χ1v) is 6.46. The summed E-state index contributed by atoms with van der Waals surface area (Å²) in [6, 6.07) is 9.04. The van der Waals surface area contributed by atoms with Gasteiger partial charge in [0.05, 0.1) is 0 Å². The molecule has 6 heteroatoms. The molecule has 0 bridgehead atoms. The van der Waals surface area contributed by atoms with Gasteiger partial charge in [-0.1, -0.05) is 6.07 Å². The van der Waals surface area contributed by atoms with Crippen molar-refractivity contribution in [2.45, 2.75) is 13.5 Å². The van der Waals surface area contributed by atoms with E-state index >= 15 is 0 Å². The molecule has 6 nitrogen and oxygen atoms in total. The highest BCUT2D eigenvalue weighted by molar-refractivity contribution is 5.95. The Balaban J connectivity index is 1.74. The Labute approximate surface area is 122 Å². The van der Waals surface area contributed by atoms with Crippen molar-refractivity contribution < 1.29 is 14.2 Å². The Hall–Kier alpha value is -2.76. The molecule has 1 aromatic heterocycles. The van der Waals surface area contributed by atoms with Crippen LogP contribution in [0.3, 0.4) is 0 Å². The molecule has 0 fully saturated rings. The van der Waals surface area contributed by atoms with Crippen LogP contribution in [0, 0.1) is 12.3 Å². The van der Waals surface area contributed by atoms with Crippen LogP contribution in [0.2, 0.25) is 0 Å². The van der Waals surface area contributed by atoms with E-state index in [9.17, 15) is 0 Å². The molecule has 1 aliphatic rings. The summed E-state index contributed by atoms with van der Waals surface area (Å²) in [6.07, 6.45) is 0. The lowest BCUT2D eigenvalue weighted by atomic mass is 10.2. The molecular weight excluding hydrogens is 270 g/mol. The summed E-state index contributed by atoms with van der Waals surface area (Å²) in [5.74, 6) is 1.90. The number of aromatic nitrogens is 1. The largest absolute Gasteiger partial charge is 0.473 e. The lowest BCUT2D eigenvalue weighted by molar-refractivity contribution is 0.174.